The van der Waals surface area contributed by atoms with E-state index < -0.39 is 35.7 Å². The van der Waals surface area contributed by atoms with Crippen molar-refractivity contribution in [3.05, 3.63) is 71.7 Å². The Morgan fingerprint density at radius 1 is 1.23 bits per heavy atom. The molecule has 1 amide bonds. The van der Waals surface area contributed by atoms with Crippen LogP contribution in [0, 0.1) is 22.7 Å². The molecule has 0 bridgehead atoms. The van der Waals surface area contributed by atoms with Crippen LogP contribution in [0.2, 0.25) is 0 Å². The molecule has 5 unspecified atom stereocenters. The third-order valence-corrected chi connectivity index (χ3v) is 11.5. The second kappa shape index (κ2) is 12.9. The molecule has 0 spiro atoms. The summed E-state index contributed by atoms with van der Waals surface area (Å²) < 4.78 is 16.3. The molecule has 254 valence electrons. The van der Waals surface area contributed by atoms with Gasteiger partial charge in [0.2, 0.25) is 0 Å². The van der Waals surface area contributed by atoms with Crippen LogP contribution in [0.3, 0.4) is 0 Å². The van der Waals surface area contributed by atoms with Crippen molar-refractivity contribution in [1.29, 1.82) is 0 Å². The van der Waals surface area contributed by atoms with Gasteiger partial charge in [0, 0.05) is 36.7 Å². The van der Waals surface area contributed by atoms with Gasteiger partial charge in [-0.15, -0.1) is 0 Å². The number of likely N-dealkylation sites (N-methyl/N-ethyl adjacent to an activating group) is 1. The highest BCUT2D eigenvalue weighted by molar-refractivity contribution is 6.04. The van der Waals surface area contributed by atoms with E-state index in [0.717, 1.165) is 31.5 Å². The standard InChI is InChI=1S/C36H47N3O8/c1-6-46-34(44)31-32(42)39-20-23(7-10-30(39)37(31)5)17-25-18-24(33(43)47-25)8-9-26-22(2)27(38-13-15-45-16-14-38)19-28-35(26,3)12-11-29(41)36(28,4)21-40/h7-10,17-18,20,26-31,40-41H,2,6,11-16,19,21H2,1,3-5H3/b9-8+,25-17+/t26?,27?,28?,29-,30?,31?,35-,36+/m1/s1. The molecule has 2 saturated heterocycles. The Labute approximate surface area is 276 Å². The van der Waals surface area contributed by atoms with Gasteiger partial charge in [-0.1, -0.05) is 44.2 Å². The van der Waals surface area contributed by atoms with Crippen LogP contribution >= 0.6 is 0 Å². The maximum Gasteiger partial charge on any atom is 0.343 e. The van der Waals surface area contributed by atoms with Crippen LogP contribution in [0.5, 0.6) is 0 Å². The van der Waals surface area contributed by atoms with Crippen molar-refractivity contribution >= 4 is 17.8 Å². The number of esters is 2. The largest absolute Gasteiger partial charge is 0.464 e. The minimum atomic E-state index is -1.02. The Hall–Kier alpha value is -3.35. The van der Waals surface area contributed by atoms with Crippen LogP contribution in [0.15, 0.2) is 71.7 Å². The van der Waals surface area contributed by atoms with Gasteiger partial charge in [0.1, 0.15) is 11.9 Å². The second-order valence-corrected chi connectivity index (χ2v) is 14.1. The van der Waals surface area contributed by atoms with Gasteiger partial charge in [0.25, 0.3) is 5.91 Å². The van der Waals surface area contributed by atoms with E-state index in [1.165, 1.54) is 4.90 Å². The highest BCUT2D eigenvalue weighted by atomic mass is 16.5. The first-order chi connectivity index (χ1) is 22.4. The van der Waals surface area contributed by atoms with Gasteiger partial charge in [-0.05, 0) is 68.4 Å². The zero-order valence-corrected chi connectivity index (χ0v) is 27.8. The Morgan fingerprint density at radius 2 is 1.98 bits per heavy atom. The lowest BCUT2D eigenvalue weighted by atomic mass is 9.45. The molecule has 47 heavy (non-hydrogen) atoms. The zero-order valence-electron chi connectivity index (χ0n) is 27.8. The summed E-state index contributed by atoms with van der Waals surface area (Å²) in [7, 11) is 1.71. The topological polar surface area (TPSA) is 129 Å². The molecule has 0 radical (unpaired) electrons. The number of carbonyl (C=O) groups is 3. The molecule has 2 N–H and O–H groups in total. The molecule has 6 rings (SSSR count). The molecule has 4 aliphatic heterocycles. The summed E-state index contributed by atoms with van der Waals surface area (Å²) in [6.45, 7) is 13.5. The Kier molecular flexibility index (Phi) is 9.23. The third kappa shape index (κ3) is 5.76. The zero-order chi connectivity index (χ0) is 33.7. The first-order valence-corrected chi connectivity index (χ1v) is 16.7. The minimum absolute atomic E-state index is 0.0290. The molecule has 8 atom stereocenters. The predicted molar refractivity (Wildman–Crippen MR) is 173 cm³/mol. The minimum Gasteiger partial charge on any atom is -0.464 e. The van der Waals surface area contributed by atoms with E-state index >= 15 is 0 Å². The van der Waals surface area contributed by atoms with Gasteiger partial charge >= 0.3 is 11.9 Å². The molecule has 0 aromatic heterocycles. The number of nitrogens with zero attached hydrogens (tertiary/aromatic N) is 3. The molecular weight excluding hydrogens is 602 g/mol. The van der Waals surface area contributed by atoms with E-state index in [0.29, 0.717) is 36.5 Å². The van der Waals surface area contributed by atoms with Crippen LogP contribution < -0.4 is 0 Å². The molecular formula is C36H47N3O8. The number of aliphatic hydroxyl groups is 2. The third-order valence-electron chi connectivity index (χ3n) is 11.5. The van der Waals surface area contributed by atoms with Crippen LogP contribution in [0.25, 0.3) is 0 Å². The molecule has 4 heterocycles. The van der Waals surface area contributed by atoms with E-state index in [2.05, 4.69) is 24.5 Å². The predicted octanol–water partition coefficient (Wildman–Crippen LogP) is 2.45. The van der Waals surface area contributed by atoms with Crippen LogP contribution in [-0.4, -0.2) is 114 Å². The summed E-state index contributed by atoms with van der Waals surface area (Å²) in [5, 5.41) is 21.7. The normalized spacial score (nSPS) is 38.8. The molecule has 4 fully saturated rings. The van der Waals surface area contributed by atoms with Crippen molar-refractivity contribution in [2.75, 3.05) is 46.6 Å². The van der Waals surface area contributed by atoms with Crippen molar-refractivity contribution in [2.24, 2.45) is 22.7 Å². The number of allylic oxidation sites excluding steroid dienone is 5. The first-order valence-electron chi connectivity index (χ1n) is 16.7. The monoisotopic (exact) mass is 649 g/mol. The summed E-state index contributed by atoms with van der Waals surface area (Å²) in [5.41, 5.74) is 1.18. The maximum atomic E-state index is 13.1. The molecule has 6 aliphatic rings. The lowest BCUT2D eigenvalue weighted by Crippen LogP contribution is -2.61. The van der Waals surface area contributed by atoms with Gasteiger partial charge < -0.3 is 24.4 Å². The highest BCUT2D eigenvalue weighted by Crippen LogP contribution is 2.62. The van der Waals surface area contributed by atoms with Gasteiger partial charge in [-0.3, -0.25) is 19.5 Å². The average molecular weight is 650 g/mol. The number of cyclic esters (lactones) is 1. The molecule has 11 nitrogen and oxygen atoms in total. The smallest absolute Gasteiger partial charge is 0.343 e. The SMILES string of the molecule is C=C1C(N2CCOCC2)CC2[C@](C)(CC[C@@H](O)[C@@]2(C)CO)C1/C=C/C1=CC(=C\C2=CN3C(=O)C(C(=O)OCC)N(C)C3C=C2)/OC1=O. The van der Waals surface area contributed by atoms with E-state index in [9.17, 15) is 24.6 Å². The number of hydrogen-bond donors (Lipinski definition) is 2. The lowest BCUT2D eigenvalue weighted by molar-refractivity contribution is -0.156. The average Bonchev–Trinajstić information content (AvgIpc) is 3.53. The molecule has 0 aromatic carbocycles. The number of rotatable bonds is 7. The van der Waals surface area contributed by atoms with Gasteiger partial charge in [0.15, 0.2) is 6.04 Å². The Morgan fingerprint density at radius 3 is 2.68 bits per heavy atom. The summed E-state index contributed by atoms with van der Waals surface area (Å²) in [5.74, 6) is -1.15. The number of carbonyl (C=O) groups excluding carboxylic acids is 3. The van der Waals surface area contributed by atoms with Gasteiger partial charge in [0.05, 0.1) is 38.1 Å². The first kappa shape index (κ1) is 33.5. The number of hydrogen-bond acceptors (Lipinski definition) is 10. The number of ether oxygens (including phenoxy) is 3. The number of morpholine rings is 1. The van der Waals surface area contributed by atoms with Crippen molar-refractivity contribution < 1.29 is 38.8 Å². The van der Waals surface area contributed by atoms with Crippen LogP contribution in [0.1, 0.15) is 40.0 Å². The number of aliphatic hydroxyl groups excluding tert-OH is 2. The van der Waals surface area contributed by atoms with Crippen molar-refractivity contribution in [3.8, 4) is 0 Å². The van der Waals surface area contributed by atoms with Gasteiger partial charge in [-0.25, -0.2) is 9.59 Å². The highest BCUT2D eigenvalue weighted by Gasteiger charge is 2.59. The molecule has 11 heteroatoms. The quantitative estimate of drug-likeness (QED) is 0.241. The van der Waals surface area contributed by atoms with Crippen molar-refractivity contribution in [1.82, 2.24) is 14.7 Å². The fourth-order valence-corrected chi connectivity index (χ4v) is 8.78. The molecule has 0 aromatic rings. The summed E-state index contributed by atoms with van der Waals surface area (Å²) in [6, 6.07) is -0.956. The van der Waals surface area contributed by atoms with E-state index in [4.69, 9.17) is 14.2 Å². The fraction of sp³-hybridized carbons (Fsp3) is 0.583. The van der Waals surface area contributed by atoms with Crippen molar-refractivity contribution in [2.45, 2.75) is 64.4 Å². The fourth-order valence-electron chi connectivity index (χ4n) is 8.78. The summed E-state index contributed by atoms with van der Waals surface area (Å²) >= 11 is 0. The van der Waals surface area contributed by atoms with E-state index in [-0.39, 0.29) is 42.4 Å². The second-order valence-electron chi connectivity index (χ2n) is 14.1. The lowest BCUT2D eigenvalue weighted by Gasteiger charge is -2.62. The summed E-state index contributed by atoms with van der Waals surface area (Å²) in [4.78, 5) is 44.1. The maximum absolute atomic E-state index is 13.1. The van der Waals surface area contributed by atoms with E-state index in [1.807, 2.05) is 25.2 Å². The number of amides is 1. The van der Waals surface area contributed by atoms with Gasteiger partial charge in [-0.2, -0.15) is 0 Å². The van der Waals surface area contributed by atoms with Crippen molar-refractivity contribution in [3.63, 3.8) is 0 Å². The van der Waals surface area contributed by atoms with Crippen LogP contribution in [0.4, 0.5) is 0 Å². The summed E-state index contributed by atoms with van der Waals surface area (Å²) in [6.07, 6.45) is 13.7. The number of fused-ring (bicyclic) bond motifs is 2. The van der Waals surface area contributed by atoms with E-state index in [1.54, 1.807) is 37.2 Å². The Bertz CT molecular complexity index is 1470. The molecule has 2 aliphatic carbocycles. The molecule has 2 saturated carbocycles. The Balaban J connectivity index is 1.25. The van der Waals surface area contributed by atoms with Crippen LogP contribution in [-0.2, 0) is 28.6 Å².